The van der Waals surface area contributed by atoms with E-state index in [0.29, 0.717) is 6.61 Å². The van der Waals surface area contributed by atoms with Crippen LogP contribution in [0.2, 0.25) is 0 Å². The number of benzene rings is 2. The van der Waals surface area contributed by atoms with E-state index in [1.165, 1.54) is 20.5 Å². The molecule has 2 aromatic carbocycles. The molecule has 0 saturated heterocycles. The maximum atomic E-state index is 5.51. The molecule has 3 rings (SSSR count). The van der Waals surface area contributed by atoms with Gasteiger partial charge in [0.05, 0.1) is 12.6 Å². The normalized spacial score (nSPS) is 12.5. The summed E-state index contributed by atoms with van der Waals surface area (Å²) in [5, 5.41) is 4.73. The van der Waals surface area contributed by atoms with Crippen LogP contribution in [0.5, 0.6) is 5.75 Å². The summed E-state index contributed by atoms with van der Waals surface area (Å²) in [5.74, 6) is 0.924. The molecule has 3 aromatic rings. The molecule has 0 amide bonds. The van der Waals surface area contributed by atoms with Gasteiger partial charge in [0.15, 0.2) is 0 Å². The predicted molar refractivity (Wildman–Crippen MR) is 90.3 cm³/mol. The van der Waals surface area contributed by atoms with Crippen LogP contribution in [0.4, 0.5) is 0 Å². The van der Waals surface area contributed by atoms with Crippen molar-refractivity contribution in [2.45, 2.75) is 13.0 Å². The van der Waals surface area contributed by atoms with Crippen LogP contribution in [-0.4, -0.2) is 13.7 Å². The largest absolute Gasteiger partial charge is 0.494 e. The van der Waals surface area contributed by atoms with Crippen molar-refractivity contribution < 1.29 is 4.74 Å². The molecule has 0 saturated carbocycles. The number of rotatable bonds is 5. The molecule has 2 nitrogen and oxygen atoms in total. The fourth-order valence-corrected chi connectivity index (χ4v) is 3.74. The Morgan fingerprint density at radius 3 is 2.52 bits per heavy atom. The van der Waals surface area contributed by atoms with Gasteiger partial charge in [-0.1, -0.05) is 30.3 Å². The Morgan fingerprint density at radius 2 is 1.86 bits per heavy atom. The summed E-state index contributed by atoms with van der Waals surface area (Å²) in [6.07, 6.45) is 0. The van der Waals surface area contributed by atoms with E-state index in [9.17, 15) is 0 Å². The molecular weight excluding hydrogens is 278 g/mol. The molecule has 3 heteroatoms. The maximum Gasteiger partial charge on any atom is 0.119 e. The second-order valence-corrected chi connectivity index (χ2v) is 6.03. The van der Waals surface area contributed by atoms with Crippen molar-refractivity contribution >= 4 is 21.4 Å². The number of nitrogens with one attached hydrogen (secondary N) is 1. The van der Waals surface area contributed by atoms with Crippen LogP contribution < -0.4 is 10.1 Å². The summed E-state index contributed by atoms with van der Waals surface area (Å²) in [7, 11) is 2.01. The summed E-state index contributed by atoms with van der Waals surface area (Å²) in [5.41, 5.74) is 1.26. The van der Waals surface area contributed by atoms with E-state index in [-0.39, 0.29) is 6.04 Å². The van der Waals surface area contributed by atoms with Crippen molar-refractivity contribution in [2.24, 2.45) is 0 Å². The van der Waals surface area contributed by atoms with E-state index in [4.69, 9.17) is 4.74 Å². The zero-order valence-corrected chi connectivity index (χ0v) is 13.1. The first kappa shape index (κ1) is 14.1. The molecule has 1 unspecified atom stereocenters. The van der Waals surface area contributed by atoms with Crippen molar-refractivity contribution in [3.8, 4) is 5.75 Å². The van der Waals surface area contributed by atoms with E-state index >= 15 is 0 Å². The van der Waals surface area contributed by atoms with Gasteiger partial charge in [-0.25, -0.2) is 0 Å². The standard InChI is InChI=1S/C18H19NOS/c1-3-20-15-10-8-13(9-11-15)18(19-2)17-12-14-6-4-5-7-16(14)21-17/h4-12,18-19H,3H2,1-2H3. The highest BCUT2D eigenvalue weighted by molar-refractivity contribution is 7.19. The average Bonchev–Trinajstić information content (AvgIpc) is 2.93. The molecule has 0 aliphatic heterocycles. The number of hydrogen-bond acceptors (Lipinski definition) is 3. The third-order valence-electron chi connectivity index (χ3n) is 3.54. The van der Waals surface area contributed by atoms with Gasteiger partial charge >= 0.3 is 0 Å². The molecule has 0 radical (unpaired) electrons. The van der Waals surface area contributed by atoms with Gasteiger partial charge in [0.25, 0.3) is 0 Å². The molecule has 1 aromatic heterocycles. The van der Waals surface area contributed by atoms with E-state index in [1.807, 2.05) is 37.4 Å². The van der Waals surface area contributed by atoms with E-state index in [2.05, 4.69) is 47.8 Å². The Hall–Kier alpha value is -1.84. The Bertz CT molecular complexity index is 684. The first-order chi connectivity index (χ1) is 10.3. The minimum Gasteiger partial charge on any atom is -0.494 e. The first-order valence-corrected chi connectivity index (χ1v) is 8.02. The van der Waals surface area contributed by atoms with Crippen molar-refractivity contribution in [2.75, 3.05) is 13.7 Å². The molecule has 1 N–H and O–H groups in total. The number of thiophene rings is 1. The minimum atomic E-state index is 0.220. The lowest BCUT2D eigenvalue weighted by Crippen LogP contribution is -2.16. The van der Waals surface area contributed by atoms with Crippen LogP contribution >= 0.6 is 11.3 Å². The summed E-state index contributed by atoms with van der Waals surface area (Å²) in [4.78, 5) is 1.34. The number of hydrogen-bond donors (Lipinski definition) is 1. The van der Waals surface area contributed by atoms with Crippen molar-refractivity contribution in [1.29, 1.82) is 0 Å². The highest BCUT2D eigenvalue weighted by atomic mass is 32.1. The molecule has 1 heterocycles. The van der Waals surface area contributed by atoms with Crippen LogP contribution in [-0.2, 0) is 0 Å². The summed E-state index contributed by atoms with van der Waals surface area (Å²) in [6, 6.07) is 19.4. The minimum absolute atomic E-state index is 0.220. The Balaban J connectivity index is 1.93. The molecule has 0 aliphatic carbocycles. The molecule has 21 heavy (non-hydrogen) atoms. The average molecular weight is 297 g/mol. The molecule has 1 atom stereocenters. The number of ether oxygens (including phenoxy) is 1. The van der Waals surface area contributed by atoms with E-state index in [0.717, 1.165) is 5.75 Å². The highest BCUT2D eigenvalue weighted by Gasteiger charge is 2.14. The summed E-state index contributed by atoms with van der Waals surface area (Å²) in [6.45, 7) is 2.70. The van der Waals surface area contributed by atoms with E-state index in [1.54, 1.807) is 0 Å². The van der Waals surface area contributed by atoms with E-state index < -0.39 is 0 Å². The molecule has 0 fully saturated rings. The zero-order chi connectivity index (χ0) is 14.7. The monoisotopic (exact) mass is 297 g/mol. The van der Waals surface area contributed by atoms with Gasteiger partial charge < -0.3 is 10.1 Å². The molecular formula is C18H19NOS. The SMILES string of the molecule is CCOc1ccc(C(NC)c2cc3ccccc3s2)cc1. The third-order valence-corrected chi connectivity index (χ3v) is 4.72. The molecule has 108 valence electrons. The predicted octanol–water partition coefficient (Wildman–Crippen LogP) is 4.61. The third kappa shape index (κ3) is 2.94. The van der Waals surface area contributed by atoms with Gasteiger partial charge in [0.2, 0.25) is 0 Å². The van der Waals surface area contributed by atoms with Gasteiger partial charge in [0.1, 0.15) is 5.75 Å². The molecule has 0 spiro atoms. The van der Waals surface area contributed by atoms with Gasteiger partial charge in [-0.2, -0.15) is 0 Å². The fourth-order valence-electron chi connectivity index (χ4n) is 2.54. The van der Waals surface area contributed by atoms with Gasteiger partial charge in [-0.3, -0.25) is 0 Å². The van der Waals surface area contributed by atoms with Crippen LogP contribution in [0.15, 0.2) is 54.6 Å². The highest BCUT2D eigenvalue weighted by Crippen LogP contribution is 2.33. The zero-order valence-electron chi connectivity index (χ0n) is 12.3. The lowest BCUT2D eigenvalue weighted by molar-refractivity contribution is 0.340. The quantitative estimate of drug-likeness (QED) is 0.742. The fraction of sp³-hybridized carbons (Fsp3) is 0.222. The second kappa shape index (κ2) is 6.29. The van der Waals surface area contributed by atoms with Crippen LogP contribution in [0.25, 0.3) is 10.1 Å². The number of fused-ring (bicyclic) bond motifs is 1. The lowest BCUT2D eigenvalue weighted by atomic mass is 10.0. The van der Waals surface area contributed by atoms with Crippen LogP contribution in [0.3, 0.4) is 0 Å². The summed E-state index contributed by atoms with van der Waals surface area (Å²) >= 11 is 1.85. The Kier molecular flexibility index (Phi) is 4.23. The molecule has 0 aliphatic rings. The smallest absolute Gasteiger partial charge is 0.119 e. The lowest BCUT2D eigenvalue weighted by Gasteiger charge is -2.15. The van der Waals surface area contributed by atoms with Crippen LogP contribution in [0, 0.1) is 0 Å². The van der Waals surface area contributed by atoms with Crippen molar-refractivity contribution in [1.82, 2.24) is 5.32 Å². The topological polar surface area (TPSA) is 21.3 Å². The van der Waals surface area contributed by atoms with Crippen molar-refractivity contribution in [3.05, 3.63) is 65.0 Å². The van der Waals surface area contributed by atoms with Gasteiger partial charge in [0, 0.05) is 9.58 Å². The molecule has 0 bridgehead atoms. The van der Waals surface area contributed by atoms with Crippen molar-refractivity contribution in [3.63, 3.8) is 0 Å². The van der Waals surface area contributed by atoms with Gasteiger partial charge in [-0.15, -0.1) is 11.3 Å². The van der Waals surface area contributed by atoms with Crippen LogP contribution in [0.1, 0.15) is 23.4 Å². The Morgan fingerprint density at radius 1 is 1.10 bits per heavy atom. The summed E-state index contributed by atoms with van der Waals surface area (Å²) < 4.78 is 6.84. The second-order valence-electron chi connectivity index (χ2n) is 4.91. The first-order valence-electron chi connectivity index (χ1n) is 7.20. The maximum absolute atomic E-state index is 5.51. The van der Waals surface area contributed by atoms with Gasteiger partial charge in [-0.05, 0) is 49.2 Å². The Labute approximate surface area is 129 Å².